The summed E-state index contributed by atoms with van der Waals surface area (Å²) in [6, 6.07) is 5.30. The van der Waals surface area contributed by atoms with Crippen LogP contribution in [0.25, 0.3) is 0 Å². The predicted octanol–water partition coefficient (Wildman–Crippen LogP) is 3.11. The summed E-state index contributed by atoms with van der Waals surface area (Å²) in [5, 5.41) is 2.93. The first-order valence-electron chi connectivity index (χ1n) is 11.0. The number of halogens is 1. The van der Waals surface area contributed by atoms with Gasteiger partial charge in [0.05, 0.1) is 5.92 Å². The van der Waals surface area contributed by atoms with E-state index in [2.05, 4.69) is 12.2 Å². The minimum atomic E-state index is -0.598. The SMILES string of the molecule is CCC1CCCCN1C(=O)C(NC(=O)C1CC(=O)N(c2ccc(F)cc2)C1)C(C)C. The fourth-order valence-electron chi connectivity index (χ4n) is 4.43. The van der Waals surface area contributed by atoms with Gasteiger partial charge in [-0.2, -0.15) is 0 Å². The Hall–Kier alpha value is -2.44. The molecule has 7 heteroatoms. The molecule has 3 atom stereocenters. The van der Waals surface area contributed by atoms with E-state index in [-0.39, 0.29) is 48.5 Å². The lowest BCUT2D eigenvalue weighted by Gasteiger charge is -2.38. The van der Waals surface area contributed by atoms with E-state index in [0.717, 1.165) is 32.2 Å². The number of hydrogen-bond donors (Lipinski definition) is 1. The summed E-state index contributed by atoms with van der Waals surface area (Å²) in [5.74, 6) is -1.42. The highest BCUT2D eigenvalue weighted by atomic mass is 19.1. The Balaban J connectivity index is 1.67. The number of nitrogens with one attached hydrogen (secondary N) is 1. The lowest BCUT2D eigenvalue weighted by molar-refractivity contribution is -0.141. The van der Waals surface area contributed by atoms with Gasteiger partial charge < -0.3 is 15.1 Å². The number of hydrogen-bond acceptors (Lipinski definition) is 3. The van der Waals surface area contributed by atoms with Crippen molar-refractivity contribution in [3.8, 4) is 0 Å². The zero-order chi connectivity index (χ0) is 21.8. The van der Waals surface area contributed by atoms with Gasteiger partial charge in [0.1, 0.15) is 11.9 Å². The molecule has 0 spiro atoms. The molecule has 30 heavy (non-hydrogen) atoms. The molecule has 2 aliphatic rings. The summed E-state index contributed by atoms with van der Waals surface area (Å²) in [4.78, 5) is 42.1. The number of amides is 3. The van der Waals surface area contributed by atoms with E-state index >= 15 is 0 Å². The van der Waals surface area contributed by atoms with E-state index in [1.807, 2.05) is 18.7 Å². The van der Waals surface area contributed by atoms with Gasteiger partial charge in [-0.1, -0.05) is 20.8 Å². The lowest BCUT2D eigenvalue weighted by Crippen LogP contribution is -2.56. The van der Waals surface area contributed by atoms with Gasteiger partial charge in [-0.05, 0) is 55.9 Å². The Kier molecular flexibility index (Phi) is 7.10. The third-order valence-electron chi connectivity index (χ3n) is 6.25. The average Bonchev–Trinajstić information content (AvgIpc) is 3.13. The van der Waals surface area contributed by atoms with Crippen molar-refractivity contribution >= 4 is 23.4 Å². The first kappa shape index (κ1) is 22.2. The van der Waals surface area contributed by atoms with E-state index in [9.17, 15) is 18.8 Å². The summed E-state index contributed by atoms with van der Waals surface area (Å²) in [5.41, 5.74) is 0.576. The number of nitrogens with zero attached hydrogens (tertiary/aromatic N) is 2. The van der Waals surface area contributed by atoms with Crippen LogP contribution in [0.15, 0.2) is 24.3 Å². The third kappa shape index (κ3) is 4.82. The van der Waals surface area contributed by atoms with Crippen molar-refractivity contribution in [1.82, 2.24) is 10.2 Å². The molecular formula is C23H32FN3O3. The monoisotopic (exact) mass is 417 g/mol. The zero-order valence-corrected chi connectivity index (χ0v) is 18.1. The molecule has 2 heterocycles. The van der Waals surface area contributed by atoms with Gasteiger partial charge in [-0.15, -0.1) is 0 Å². The van der Waals surface area contributed by atoms with Gasteiger partial charge in [-0.3, -0.25) is 14.4 Å². The van der Waals surface area contributed by atoms with Crippen LogP contribution < -0.4 is 10.2 Å². The zero-order valence-electron chi connectivity index (χ0n) is 18.1. The molecule has 3 amide bonds. The summed E-state index contributed by atoms with van der Waals surface area (Å²) in [6.07, 6.45) is 4.12. The van der Waals surface area contributed by atoms with Gasteiger partial charge in [0, 0.05) is 31.2 Å². The second-order valence-corrected chi connectivity index (χ2v) is 8.70. The largest absolute Gasteiger partial charge is 0.344 e. The average molecular weight is 418 g/mol. The third-order valence-corrected chi connectivity index (χ3v) is 6.25. The molecule has 1 aromatic rings. The highest BCUT2D eigenvalue weighted by Crippen LogP contribution is 2.26. The van der Waals surface area contributed by atoms with Gasteiger partial charge in [0.15, 0.2) is 0 Å². The van der Waals surface area contributed by atoms with Crippen molar-refractivity contribution in [2.75, 3.05) is 18.0 Å². The molecule has 1 N–H and O–H groups in total. The summed E-state index contributed by atoms with van der Waals surface area (Å²) in [7, 11) is 0. The fourth-order valence-corrected chi connectivity index (χ4v) is 4.43. The van der Waals surface area contributed by atoms with Crippen LogP contribution in [-0.2, 0) is 14.4 Å². The molecule has 2 aliphatic heterocycles. The van der Waals surface area contributed by atoms with Crippen LogP contribution >= 0.6 is 0 Å². The number of likely N-dealkylation sites (tertiary alicyclic amines) is 1. The number of carbonyl (C=O) groups excluding carboxylic acids is 3. The highest BCUT2D eigenvalue weighted by Gasteiger charge is 2.38. The molecule has 164 valence electrons. The van der Waals surface area contributed by atoms with E-state index in [0.29, 0.717) is 5.69 Å². The van der Waals surface area contributed by atoms with Crippen LogP contribution in [0.3, 0.4) is 0 Å². The minimum Gasteiger partial charge on any atom is -0.344 e. The van der Waals surface area contributed by atoms with E-state index in [1.54, 1.807) is 0 Å². The molecule has 0 bridgehead atoms. The van der Waals surface area contributed by atoms with Crippen molar-refractivity contribution in [2.45, 2.75) is 65.0 Å². The van der Waals surface area contributed by atoms with Crippen LogP contribution in [0.5, 0.6) is 0 Å². The van der Waals surface area contributed by atoms with Crippen molar-refractivity contribution in [1.29, 1.82) is 0 Å². The fraction of sp³-hybridized carbons (Fsp3) is 0.609. The maximum absolute atomic E-state index is 13.2. The van der Waals surface area contributed by atoms with Crippen LogP contribution in [0.4, 0.5) is 10.1 Å². The normalized spacial score (nSPS) is 23.0. The minimum absolute atomic E-state index is 0.0235. The lowest BCUT2D eigenvalue weighted by atomic mass is 9.95. The van der Waals surface area contributed by atoms with Gasteiger partial charge >= 0.3 is 0 Å². The molecule has 0 radical (unpaired) electrons. The summed E-state index contributed by atoms with van der Waals surface area (Å²) in [6.45, 7) is 6.91. The Labute approximate surface area is 177 Å². The highest BCUT2D eigenvalue weighted by molar-refractivity contribution is 6.01. The van der Waals surface area contributed by atoms with Crippen molar-refractivity contribution in [3.63, 3.8) is 0 Å². The molecule has 3 rings (SSSR count). The number of benzene rings is 1. The van der Waals surface area contributed by atoms with E-state index in [4.69, 9.17) is 0 Å². The second-order valence-electron chi connectivity index (χ2n) is 8.70. The molecule has 0 aliphatic carbocycles. The molecular weight excluding hydrogens is 385 g/mol. The quantitative estimate of drug-likeness (QED) is 0.773. The molecule has 2 fully saturated rings. The Bertz CT molecular complexity index is 780. The molecule has 3 unspecified atom stereocenters. The van der Waals surface area contributed by atoms with E-state index < -0.39 is 12.0 Å². The molecule has 0 saturated carbocycles. The first-order chi connectivity index (χ1) is 14.3. The van der Waals surface area contributed by atoms with Crippen LogP contribution in [0, 0.1) is 17.7 Å². The summed E-state index contributed by atoms with van der Waals surface area (Å²) < 4.78 is 13.2. The van der Waals surface area contributed by atoms with Gasteiger partial charge in [0.25, 0.3) is 0 Å². The number of carbonyl (C=O) groups is 3. The van der Waals surface area contributed by atoms with Crippen LogP contribution in [0.2, 0.25) is 0 Å². The maximum atomic E-state index is 13.2. The first-order valence-corrected chi connectivity index (χ1v) is 11.0. The van der Waals surface area contributed by atoms with Crippen LogP contribution in [-0.4, -0.2) is 47.8 Å². The second kappa shape index (κ2) is 9.58. The number of rotatable bonds is 6. The van der Waals surface area contributed by atoms with Gasteiger partial charge in [0.2, 0.25) is 17.7 Å². The Morgan fingerprint density at radius 2 is 1.90 bits per heavy atom. The number of anilines is 1. The smallest absolute Gasteiger partial charge is 0.245 e. The number of piperidine rings is 1. The Morgan fingerprint density at radius 1 is 1.20 bits per heavy atom. The van der Waals surface area contributed by atoms with Crippen molar-refractivity contribution in [2.24, 2.45) is 11.8 Å². The van der Waals surface area contributed by atoms with Crippen LogP contribution in [0.1, 0.15) is 52.9 Å². The van der Waals surface area contributed by atoms with Crippen molar-refractivity contribution in [3.05, 3.63) is 30.1 Å². The molecule has 6 nitrogen and oxygen atoms in total. The van der Waals surface area contributed by atoms with Crippen molar-refractivity contribution < 1.29 is 18.8 Å². The molecule has 1 aromatic carbocycles. The molecule has 0 aromatic heterocycles. The maximum Gasteiger partial charge on any atom is 0.245 e. The van der Waals surface area contributed by atoms with E-state index in [1.165, 1.54) is 29.2 Å². The molecule has 2 saturated heterocycles. The standard InChI is InChI=1S/C23H32FN3O3/c1-4-18-7-5-6-12-26(18)23(30)21(15(2)3)25-22(29)16-13-20(28)27(14-16)19-10-8-17(24)9-11-19/h8-11,15-16,18,21H,4-7,12-14H2,1-3H3,(H,25,29). The Morgan fingerprint density at radius 3 is 2.53 bits per heavy atom. The van der Waals surface area contributed by atoms with Gasteiger partial charge in [-0.25, -0.2) is 4.39 Å². The summed E-state index contributed by atoms with van der Waals surface area (Å²) >= 11 is 0. The predicted molar refractivity (Wildman–Crippen MR) is 113 cm³/mol. The topological polar surface area (TPSA) is 69.7 Å².